The summed E-state index contributed by atoms with van der Waals surface area (Å²) in [6.07, 6.45) is 0.385. The minimum Gasteiger partial charge on any atom is -0.465 e. The number of nitrogens with zero attached hydrogens (tertiary/aromatic N) is 2. The van der Waals surface area contributed by atoms with Gasteiger partial charge in [-0.2, -0.15) is 5.26 Å². The van der Waals surface area contributed by atoms with Crippen LogP contribution in [-0.2, 0) is 21.4 Å². The van der Waals surface area contributed by atoms with Gasteiger partial charge in [0.1, 0.15) is 22.9 Å². The fourth-order valence-electron chi connectivity index (χ4n) is 7.09. The van der Waals surface area contributed by atoms with Crippen molar-refractivity contribution in [1.29, 1.82) is 5.26 Å². The molecule has 0 spiro atoms. The van der Waals surface area contributed by atoms with E-state index in [1.165, 1.54) is 67.8 Å². The van der Waals surface area contributed by atoms with Crippen LogP contribution >= 0.6 is 23.2 Å². The quantitative estimate of drug-likeness (QED) is 0.174. The average Bonchev–Trinajstić information content (AvgIpc) is 3.33. The number of nitriles is 1. The second-order valence-corrected chi connectivity index (χ2v) is 14.4. The van der Waals surface area contributed by atoms with Crippen molar-refractivity contribution >= 4 is 40.8 Å². The third-order valence-corrected chi connectivity index (χ3v) is 9.74. The van der Waals surface area contributed by atoms with Crippen LogP contribution in [0.15, 0.2) is 84.9 Å². The molecule has 1 fully saturated rings. The highest BCUT2D eigenvalue weighted by molar-refractivity contribution is 6.31. The molecular formula is C39H36Cl2F3N3O3. The summed E-state index contributed by atoms with van der Waals surface area (Å²) in [4.78, 5) is 28.6. The Balaban J connectivity index is 1.78. The maximum atomic E-state index is 16.3. The molecule has 0 saturated carbocycles. The highest BCUT2D eigenvalue weighted by Crippen LogP contribution is 2.56. The van der Waals surface area contributed by atoms with Crippen LogP contribution in [0, 0.1) is 34.2 Å². The molecule has 5 rings (SSSR count). The number of carbonyl (C=O) groups excluding carboxylic acids is 2. The molecule has 260 valence electrons. The Kier molecular flexibility index (Phi) is 11.0. The summed E-state index contributed by atoms with van der Waals surface area (Å²) < 4.78 is 52.4. The SMILES string of the molecule is COC(=O)c1ccc(NC(=O)C2C(c3cccc(Cl)c3F)C(C#N)(c3ccc(Cl)cc3F)C(CC(C)(C)C)N2CCc2ccccc2F)cc1. The van der Waals surface area contributed by atoms with E-state index in [1.54, 1.807) is 23.1 Å². The summed E-state index contributed by atoms with van der Waals surface area (Å²) in [6.45, 7) is 5.91. The van der Waals surface area contributed by atoms with Gasteiger partial charge in [-0.05, 0) is 77.9 Å². The maximum absolute atomic E-state index is 16.3. The van der Waals surface area contributed by atoms with Crippen LogP contribution in [0.25, 0.3) is 0 Å². The van der Waals surface area contributed by atoms with Crippen molar-refractivity contribution in [3.8, 4) is 6.07 Å². The molecule has 11 heteroatoms. The Bertz CT molecular complexity index is 1940. The molecule has 6 nitrogen and oxygen atoms in total. The van der Waals surface area contributed by atoms with Crippen LogP contribution in [-0.4, -0.2) is 42.5 Å². The summed E-state index contributed by atoms with van der Waals surface area (Å²) in [6, 6.07) is 20.7. The maximum Gasteiger partial charge on any atom is 0.337 e. The zero-order valence-corrected chi connectivity index (χ0v) is 29.5. The zero-order chi connectivity index (χ0) is 36.4. The van der Waals surface area contributed by atoms with E-state index in [2.05, 4.69) is 11.4 Å². The van der Waals surface area contributed by atoms with Crippen molar-refractivity contribution in [3.05, 3.63) is 135 Å². The van der Waals surface area contributed by atoms with E-state index >= 15 is 8.78 Å². The number of benzene rings is 4. The Morgan fingerprint density at radius 1 is 0.960 bits per heavy atom. The highest BCUT2D eigenvalue weighted by Gasteiger charge is 2.64. The summed E-state index contributed by atoms with van der Waals surface area (Å²) in [7, 11) is 1.25. The van der Waals surface area contributed by atoms with E-state index in [0.717, 1.165) is 6.07 Å². The van der Waals surface area contributed by atoms with Crippen molar-refractivity contribution < 1.29 is 27.5 Å². The van der Waals surface area contributed by atoms with Crippen LogP contribution < -0.4 is 5.32 Å². The van der Waals surface area contributed by atoms with Gasteiger partial charge in [0.15, 0.2) is 0 Å². The minimum absolute atomic E-state index is 0.0538. The van der Waals surface area contributed by atoms with Crippen molar-refractivity contribution in [1.82, 2.24) is 4.90 Å². The second-order valence-electron chi connectivity index (χ2n) is 13.6. The molecule has 0 aromatic heterocycles. The number of esters is 1. The van der Waals surface area contributed by atoms with Gasteiger partial charge in [0.05, 0.1) is 29.8 Å². The van der Waals surface area contributed by atoms with Gasteiger partial charge < -0.3 is 10.1 Å². The summed E-state index contributed by atoms with van der Waals surface area (Å²) in [5.41, 5.74) is -1.54. The van der Waals surface area contributed by atoms with E-state index < -0.39 is 58.2 Å². The lowest BCUT2D eigenvalue weighted by molar-refractivity contribution is -0.121. The molecule has 1 heterocycles. The first-order valence-corrected chi connectivity index (χ1v) is 16.8. The predicted octanol–water partition coefficient (Wildman–Crippen LogP) is 9.11. The van der Waals surface area contributed by atoms with Gasteiger partial charge in [0, 0.05) is 34.8 Å². The number of nitrogens with one attached hydrogen (secondary N) is 1. The molecule has 4 aromatic rings. The van der Waals surface area contributed by atoms with E-state index in [9.17, 15) is 19.2 Å². The van der Waals surface area contributed by atoms with Gasteiger partial charge in [-0.15, -0.1) is 0 Å². The molecule has 0 radical (unpaired) electrons. The molecule has 50 heavy (non-hydrogen) atoms. The topological polar surface area (TPSA) is 82.4 Å². The van der Waals surface area contributed by atoms with Crippen molar-refractivity contribution in [2.75, 3.05) is 19.0 Å². The number of amides is 1. The number of rotatable bonds is 9. The number of hydrogen-bond acceptors (Lipinski definition) is 5. The lowest BCUT2D eigenvalue weighted by atomic mass is 9.62. The monoisotopic (exact) mass is 721 g/mol. The Hall–Kier alpha value is -4.36. The van der Waals surface area contributed by atoms with Crippen molar-refractivity contribution in [3.63, 3.8) is 0 Å². The Morgan fingerprint density at radius 3 is 2.28 bits per heavy atom. The standard InChI is InChI=1S/C39H36Cl2F3N3O3/c1-38(2,3)21-32-39(22-45,28-17-14-25(40)20-31(28)43)33(27-9-7-10-29(41)34(27)44)35(47(32)19-18-23-8-5-6-11-30(23)42)36(48)46-26-15-12-24(13-16-26)37(49)50-4/h5-17,20,32-33,35H,18-19,21H2,1-4H3,(H,46,48). The Morgan fingerprint density at radius 2 is 1.66 bits per heavy atom. The van der Waals surface area contributed by atoms with Gasteiger partial charge in [-0.1, -0.05) is 80.4 Å². The van der Waals surface area contributed by atoms with Gasteiger partial charge >= 0.3 is 5.97 Å². The predicted molar refractivity (Wildman–Crippen MR) is 188 cm³/mol. The third-order valence-electron chi connectivity index (χ3n) is 9.21. The lowest BCUT2D eigenvalue weighted by Crippen LogP contribution is -2.48. The molecular weight excluding hydrogens is 686 g/mol. The van der Waals surface area contributed by atoms with E-state index in [4.69, 9.17) is 27.9 Å². The van der Waals surface area contributed by atoms with Crippen LogP contribution in [0.4, 0.5) is 18.9 Å². The lowest BCUT2D eigenvalue weighted by Gasteiger charge is -2.39. The smallest absolute Gasteiger partial charge is 0.337 e. The zero-order valence-electron chi connectivity index (χ0n) is 27.9. The molecule has 1 amide bonds. The fraction of sp³-hybridized carbons (Fsp3) is 0.308. The van der Waals surface area contributed by atoms with Crippen LogP contribution in [0.2, 0.25) is 10.0 Å². The molecule has 4 unspecified atom stereocenters. The van der Waals surface area contributed by atoms with Crippen LogP contribution in [0.1, 0.15) is 60.2 Å². The second kappa shape index (κ2) is 14.9. The number of hydrogen-bond donors (Lipinski definition) is 1. The molecule has 1 N–H and O–H groups in total. The summed E-state index contributed by atoms with van der Waals surface area (Å²) in [5.74, 6) is -4.59. The summed E-state index contributed by atoms with van der Waals surface area (Å²) in [5, 5.41) is 14.1. The molecule has 1 saturated heterocycles. The van der Waals surface area contributed by atoms with E-state index in [0.29, 0.717) is 11.3 Å². The molecule has 0 bridgehead atoms. The number of ether oxygens (including phenoxy) is 1. The number of halogens is 5. The van der Waals surface area contributed by atoms with E-state index in [-0.39, 0.29) is 46.1 Å². The van der Waals surface area contributed by atoms with Crippen molar-refractivity contribution in [2.24, 2.45) is 5.41 Å². The van der Waals surface area contributed by atoms with Gasteiger partial charge in [-0.25, -0.2) is 18.0 Å². The normalized spacial score (nSPS) is 20.7. The van der Waals surface area contributed by atoms with Crippen LogP contribution in [0.5, 0.6) is 0 Å². The number of likely N-dealkylation sites (tertiary alicyclic amines) is 1. The molecule has 4 aromatic carbocycles. The molecule has 0 aliphatic carbocycles. The van der Waals surface area contributed by atoms with E-state index in [1.807, 2.05) is 20.8 Å². The summed E-state index contributed by atoms with van der Waals surface area (Å²) >= 11 is 12.5. The first kappa shape index (κ1) is 36.9. The van der Waals surface area contributed by atoms with Gasteiger partial charge in [-0.3, -0.25) is 9.69 Å². The fourth-order valence-corrected chi connectivity index (χ4v) is 7.43. The average molecular weight is 723 g/mol. The Labute approximate surface area is 299 Å². The van der Waals surface area contributed by atoms with Crippen molar-refractivity contribution in [2.45, 2.75) is 57.0 Å². The first-order chi connectivity index (χ1) is 23.7. The number of anilines is 1. The first-order valence-electron chi connectivity index (χ1n) is 16.0. The molecule has 1 aliphatic rings. The molecule has 1 aliphatic heterocycles. The van der Waals surface area contributed by atoms with Gasteiger partial charge in [0.2, 0.25) is 5.91 Å². The number of methoxy groups -OCH3 is 1. The third kappa shape index (κ3) is 7.25. The molecule has 4 atom stereocenters. The van der Waals surface area contributed by atoms with Gasteiger partial charge in [0.25, 0.3) is 0 Å². The number of carbonyl (C=O) groups is 2. The van der Waals surface area contributed by atoms with Crippen LogP contribution in [0.3, 0.4) is 0 Å². The minimum atomic E-state index is -1.88. The highest BCUT2D eigenvalue weighted by atomic mass is 35.5. The largest absolute Gasteiger partial charge is 0.465 e.